The van der Waals surface area contributed by atoms with Gasteiger partial charge in [0.2, 0.25) is 0 Å². The van der Waals surface area contributed by atoms with Crippen LogP contribution in [0.15, 0.2) is 24.3 Å². The van der Waals surface area contributed by atoms with Gasteiger partial charge in [-0.1, -0.05) is 12.7 Å². The molecular weight excluding hydrogens is 276 g/mol. The lowest BCUT2D eigenvalue weighted by Crippen LogP contribution is -2.11. The van der Waals surface area contributed by atoms with Crippen molar-refractivity contribution in [2.45, 2.75) is 39.0 Å². The number of esters is 2. The number of carboxylic acids is 1. The summed E-state index contributed by atoms with van der Waals surface area (Å²) < 4.78 is 9.80. The van der Waals surface area contributed by atoms with Gasteiger partial charge in [0.15, 0.2) is 0 Å². The molecule has 0 heterocycles. The number of unbranched alkanes of at least 4 members (excludes halogenated alkanes) is 3. The van der Waals surface area contributed by atoms with Crippen LogP contribution in [0.5, 0.6) is 0 Å². The smallest absolute Gasteiger partial charge is 0.333 e. The van der Waals surface area contributed by atoms with Gasteiger partial charge in [0.05, 0.1) is 19.6 Å². The summed E-state index contributed by atoms with van der Waals surface area (Å²) in [6.45, 7) is 5.71. The molecule has 21 heavy (non-hydrogen) atoms. The maximum Gasteiger partial charge on any atom is 0.333 e. The summed E-state index contributed by atoms with van der Waals surface area (Å²) in [5.74, 6) is -2.12. The van der Waals surface area contributed by atoms with Crippen molar-refractivity contribution in [2.24, 2.45) is 0 Å². The van der Waals surface area contributed by atoms with Crippen molar-refractivity contribution in [1.29, 1.82) is 0 Å². The molecule has 0 fully saturated rings. The van der Waals surface area contributed by atoms with E-state index in [9.17, 15) is 14.4 Å². The van der Waals surface area contributed by atoms with Crippen molar-refractivity contribution >= 4 is 17.9 Å². The van der Waals surface area contributed by atoms with Crippen molar-refractivity contribution in [3.05, 3.63) is 24.3 Å². The van der Waals surface area contributed by atoms with Crippen molar-refractivity contribution in [3.8, 4) is 0 Å². The number of carbonyl (C=O) groups is 3. The molecule has 0 aliphatic carbocycles. The first-order valence-corrected chi connectivity index (χ1v) is 6.83. The van der Waals surface area contributed by atoms with E-state index in [4.69, 9.17) is 14.6 Å². The lowest BCUT2D eigenvalue weighted by molar-refractivity contribution is -0.142. The quantitative estimate of drug-likeness (QED) is 0.357. The molecule has 0 amide bonds. The van der Waals surface area contributed by atoms with Gasteiger partial charge >= 0.3 is 17.9 Å². The van der Waals surface area contributed by atoms with Gasteiger partial charge in [0.25, 0.3) is 0 Å². The van der Waals surface area contributed by atoms with Crippen LogP contribution in [-0.2, 0) is 23.9 Å². The van der Waals surface area contributed by atoms with E-state index in [2.05, 4.69) is 6.58 Å². The third kappa shape index (κ3) is 11.4. The number of rotatable bonds is 11. The molecule has 0 aliphatic heterocycles. The lowest BCUT2D eigenvalue weighted by atomic mass is 10.2. The van der Waals surface area contributed by atoms with Crippen molar-refractivity contribution in [3.63, 3.8) is 0 Å². The second kappa shape index (κ2) is 11.7. The van der Waals surface area contributed by atoms with E-state index in [0.29, 0.717) is 13.0 Å². The van der Waals surface area contributed by atoms with E-state index in [0.717, 1.165) is 19.3 Å². The fourth-order valence-electron chi connectivity index (χ4n) is 1.44. The first-order chi connectivity index (χ1) is 9.97. The molecule has 0 rings (SSSR count). The number of ether oxygens (including phenoxy) is 2. The van der Waals surface area contributed by atoms with Crippen LogP contribution in [0.25, 0.3) is 0 Å². The molecule has 6 nitrogen and oxygen atoms in total. The van der Waals surface area contributed by atoms with Crippen LogP contribution in [0, 0.1) is 0 Å². The minimum absolute atomic E-state index is 0.0570. The SMILES string of the molecule is C=C(CC(=O)O)C(=O)OCCCCCCOC(=O)C=CC. The van der Waals surface area contributed by atoms with Gasteiger partial charge in [0, 0.05) is 11.6 Å². The fourth-order valence-corrected chi connectivity index (χ4v) is 1.44. The second-order valence-electron chi connectivity index (χ2n) is 4.39. The van der Waals surface area contributed by atoms with E-state index in [1.165, 1.54) is 6.08 Å². The van der Waals surface area contributed by atoms with Crippen molar-refractivity contribution in [2.75, 3.05) is 13.2 Å². The Morgan fingerprint density at radius 2 is 1.62 bits per heavy atom. The van der Waals surface area contributed by atoms with E-state index < -0.39 is 18.4 Å². The highest BCUT2D eigenvalue weighted by atomic mass is 16.5. The Labute approximate surface area is 124 Å². The van der Waals surface area contributed by atoms with E-state index in [-0.39, 0.29) is 18.1 Å². The van der Waals surface area contributed by atoms with Crippen molar-refractivity contribution in [1.82, 2.24) is 0 Å². The summed E-state index contributed by atoms with van der Waals surface area (Å²) in [7, 11) is 0. The zero-order valence-electron chi connectivity index (χ0n) is 12.3. The Kier molecular flexibility index (Phi) is 10.5. The van der Waals surface area contributed by atoms with Gasteiger partial charge in [-0.15, -0.1) is 0 Å². The summed E-state index contributed by atoms with van der Waals surface area (Å²) in [4.78, 5) is 32.6. The first kappa shape index (κ1) is 18.9. The summed E-state index contributed by atoms with van der Waals surface area (Å²) in [5, 5.41) is 8.49. The summed E-state index contributed by atoms with van der Waals surface area (Å²) in [5.41, 5.74) is -0.0570. The monoisotopic (exact) mass is 298 g/mol. The third-order valence-corrected chi connectivity index (χ3v) is 2.47. The average Bonchev–Trinajstić information content (AvgIpc) is 2.41. The molecule has 0 aromatic rings. The fraction of sp³-hybridized carbons (Fsp3) is 0.533. The van der Waals surface area contributed by atoms with Gasteiger partial charge in [-0.3, -0.25) is 4.79 Å². The Morgan fingerprint density at radius 1 is 1.05 bits per heavy atom. The molecule has 0 aromatic carbocycles. The highest BCUT2D eigenvalue weighted by Gasteiger charge is 2.11. The Hall–Kier alpha value is -2.11. The van der Waals surface area contributed by atoms with Gasteiger partial charge in [-0.25, -0.2) is 9.59 Å². The van der Waals surface area contributed by atoms with Crippen molar-refractivity contribution < 1.29 is 29.0 Å². The van der Waals surface area contributed by atoms with Crippen LogP contribution in [0.4, 0.5) is 0 Å². The van der Waals surface area contributed by atoms with Crippen LogP contribution < -0.4 is 0 Å². The van der Waals surface area contributed by atoms with Gasteiger partial charge in [-0.05, 0) is 32.6 Å². The molecule has 0 saturated carbocycles. The van der Waals surface area contributed by atoms with Gasteiger partial charge in [0.1, 0.15) is 0 Å². The lowest BCUT2D eigenvalue weighted by Gasteiger charge is -2.06. The number of carboxylic acid groups (broad SMARTS) is 1. The summed E-state index contributed by atoms with van der Waals surface area (Å²) in [6, 6.07) is 0. The predicted octanol–water partition coefficient (Wildman–Crippen LogP) is 2.24. The topological polar surface area (TPSA) is 89.9 Å². The van der Waals surface area contributed by atoms with Crippen LogP contribution in [0.1, 0.15) is 39.0 Å². The number of hydrogen-bond acceptors (Lipinski definition) is 5. The largest absolute Gasteiger partial charge is 0.481 e. The van der Waals surface area contributed by atoms with Crippen LogP contribution in [-0.4, -0.2) is 36.2 Å². The molecule has 6 heteroatoms. The molecule has 0 atom stereocenters. The number of allylic oxidation sites excluding steroid dienone is 1. The van der Waals surface area contributed by atoms with E-state index in [1.807, 2.05) is 0 Å². The normalized spacial score (nSPS) is 10.3. The Morgan fingerprint density at radius 3 is 2.14 bits per heavy atom. The molecule has 0 aliphatic rings. The Balaban J connectivity index is 3.48. The number of hydrogen-bond donors (Lipinski definition) is 1. The van der Waals surface area contributed by atoms with Crippen LogP contribution in [0.3, 0.4) is 0 Å². The van der Waals surface area contributed by atoms with Gasteiger partial charge in [-0.2, -0.15) is 0 Å². The molecule has 0 aromatic heterocycles. The van der Waals surface area contributed by atoms with E-state index >= 15 is 0 Å². The Bertz CT molecular complexity index is 397. The molecule has 0 bridgehead atoms. The van der Waals surface area contributed by atoms with Crippen LogP contribution in [0.2, 0.25) is 0 Å². The van der Waals surface area contributed by atoms with Crippen LogP contribution >= 0.6 is 0 Å². The molecule has 0 radical (unpaired) electrons. The predicted molar refractivity (Wildman–Crippen MR) is 76.6 cm³/mol. The maximum absolute atomic E-state index is 11.3. The summed E-state index contributed by atoms with van der Waals surface area (Å²) >= 11 is 0. The van der Waals surface area contributed by atoms with E-state index in [1.54, 1.807) is 13.0 Å². The minimum Gasteiger partial charge on any atom is -0.481 e. The molecule has 1 N–H and O–H groups in total. The standard InChI is InChI=1S/C15H22O6/c1-3-8-14(18)20-9-6-4-5-7-10-21-15(19)12(2)11-13(16)17/h3,8H,2,4-7,9-11H2,1H3,(H,16,17). The zero-order chi connectivity index (χ0) is 16.1. The first-order valence-electron chi connectivity index (χ1n) is 6.83. The molecule has 0 spiro atoms. The highest BCUT2D eigenvalue weighted by molar-refractivity contribution is 5.92. The molecule has 0 saturated heterocycles. The zero-order valence-corrected chi connectivity index (χ0v) is 12.3. The maximum atomic E-state index is 11.3. The second-order valence-corrected chi connectivity index (χ2v) is 4.39. The molecule has 0 unspecified atom stereocenters. The third-order valence-electron chi connectivity index (χ3n) is 2.47. The average molecular weight is 298 g/mol. The minimum atomic E-state index is -1.11. The summed E-state index contributed by atoms with van der Waals surface area (Å²) in [6.07, 6.45) is 5.70. The number of aliphatic carboxylic acids is 1. The van der Waals surface area contributed by atoms with Gasteiger partial charge < -0.3 is 14.6 Å². The molecule has 118 valence electrons. The highest BCUT2D eigenvalue weighted by Crippen LogP contribution is 2.04. The molecular formula is C15H22O6. The number of carbonyl (C=O) groups excluding carboxylic acids is 2.